The highest BCUT2D eigenvalue weighted by Crippen LogP contribution is 2.32. The average molecular weight is 406 g/mol. The molecule has 1 N–H and O–H groups in total. The van der Waals surface area contributed by atoms with Crippen LogP contribution in [0.1, 0.15) is 24.8 Å². The van der Waals surface area contributed by atoms with Crippen molar-refractivity contribution >= 4 is 28.3 Å². The molecule has 156 valence electrons. The van der Waals surface area contributed by atoms with Gasteiger partial charge in [-0.05, 0) is 37.0 Å². The van der Waals surface area contributed by atoms with E-state index in [2.05, 4.69) is 10.2 Å². The number of fused-ring (bicyclic) bond motifs is 1. The van der Waals surface area contributed by atoms with Crippen molar-refractivity contribution in [2.24, 2.45) is 14.1 Å². The molecule has 2 aromatic carbocycles. The van der Waals surface area contributed by atoms with Crippen molar-refractivity contribution in [1.29, 1.82) is 0 Å². The van der Waals surface area contributed by atoms with Gasteiger partial charge < -0.3 is 19.4 Å². The second-order valence-electron chi connectivity index (χ2n) is 7.84. The van der Waals surface area contributed by atoms with Gasteiger partial charge in [0.05, 0.1) is 28.8 Å². The predicted molar refractivity (Wildman–Crippen MR) is 119 cm³/mol. The van der Waals surface area contributed by atoms with Gasteiger partial charge in [-0.2, -0.15) is 0 Å². The van der Waals surface area contributed by atoms with Gasteiger partial charge in [-0.15, -0.1) is 0 Å². The predicted octanol–water partition coefficient (Wildman–Crippen LogP) is 2.41. The molecule has 0 atom stereocenters. The topological polar surface area (TPSA) is 76.3 Å². The van der Waals surface area contributed by atoms with E-state index in [-0.39, 0.29) is 12.3 Å². The standard InChI is InChI=1S/C23H26N4O3/c1-25-19-14-17(24-21(28)13-16-9-5-3-6-10-16)18(27-11-7-4-8-12-27)15-20(19)26(2)23(30)22(25)29/h3,5-6,9-10,14-15H,4,7-8,11-13H2,1-2H3,(H,24,28). The van der Waals surface area contributed by atoms with Crippen molar-refractivity contribution in [2.45, 2.75) is 25.7 Å². The minimum atomic E-state index is -0.586. The number of nitrogens with zero attached hydrogens (tertiary/aromatic N) is 3. The van der Waals surface area contributed by atoms with Gasteiger partial charge in [0.25, 0.3) is 0 Å². The lowest BCUT2D eigenvalue weighted by Gasteiger charge is -2.31. The number of anilines is 2. The third-order valence-corrected chi connectivity index (χ3v) is 5.79. The number of carbonyl (C=O) groups excluding carboxylic acids is 1. The van der Waals surface area contributed by atoms with Crippen LogP contribution in [-0.4, -0.2) is 28.1 Å². The molecule has 3 aromatic rings. The van der Waals surface area contributed by atoms with Crippen molar-refractivity contribution in [3.05, 3.63) is 68.7 Å². The van der Waals surface area contributed by atoms with Gasteiger partial charge in [0, 0.05) is 27.2 Å². The molecular formula is C23H26N4O3. The fraction of sp³-hybridized carbons (Fsp3) is 0.348. The maximum Gasteiger partial charge on any atom is 0.316 e. The van der Waals surface area contributed by atoms with Gasteiger partial charge in [0.2, 0.25) is 5.91 Å². The molecule has 1 amide bonds. The molecule has 0 radical (unpaired) electrons. The zero-order chi connectivity index (χ0) is 21.3. The van der Waals surface area contributed by atoms with Gasteiger partial charge in [0.15, 0.2) is 0 Å². The largest absolute Gasteiger partial charge is 0.370 e. The lowest BCUT2D eigenvalue weighted by Crippen LogP contribution is -2.39. The first-order chi connectivity index (χ1) is 14.5. The van der Waals surface area contributed by atoms with E-state index < -0.39 is 11.1 Å². The molecule has 7 nitrogen and oxygen atoms in total. The van der Waals surface area contributed by atoms with E-state index in [9.17, 15) is 14.4 Å². The van der Waals surface area contributed by atoms with Crippen LogP contribution >= 0.6 is 0 Å². The van der Waals surface area contributed by atoms with Gasteiger partial charge in [-0.25, -0.2) is 0 Å². The number of hydrogen-bond acceptors (Lipinski definition) is 4. The lowest BCUT2D eigenvalue weighted by atomic mass is 10.1. The van der Waals surface area contributed by atoms with E-state index in [1.54, 1.807) is 14.1 Å². The Labute approximate surface area is 174 Å². The third kappa shape index (κ3) is 3.75. The molecule has 1 aliphatic rings. The molecule has 1 fully saturated rings. The number of piperidine rings is 1. The molecule has 4 rings (SSSR count). The van der Waals surface area contributed by atoms with E-state index in [4.69, 9.17) is 0 Å². The molecule has 1 aliphatic heterocycles. The molecule has 0 spiro atoms. The number of carbonyl (C=O) groups is 1. The van der Waals surface area contributed by atoms with E-state index in [0.29, 0.717) is 16.7 Å². The van der Waals surface area contributed by atoms with Crippen molar-refractivity contribution < 1.29 is 4.79 Å². The molecule has 0 saturated carbocycles. The Bertz CT molecular complexity index is 1210. The number of nitrogens with one attached hydrogen (secondary N) is 1. The van der Waals surface area contributed by atoms with Crippen LogP contribution in [0.25, 0.3) is 11.0 Å². The number of rotatable bonds is 4. The summed E-state index contributed by atoms with van der Waals surface area (Å²) in [7, 11) is 3.20. The highest BCUT2D eigenvalue weighted by molar-refractivity contribution is 5.99. The molecule has 1 aromatic heterocycles. The van der Waals surface area contributed by atoms with Gasteiger partial charge in [0.1, 0.15) is 0 Å². The first-order valence-corrected chi connectivity index (χ1v) is 10.3. The summed E-state index contributed by atoms with van der Waals surface area (Å²) in [4.78, 5) is 39.6. The zero-order valence-corrected chi connectivity index (χ0v) is 17.4. The van der Waals surface area contributed by atoms with Crippen LogP contribution in [0.15, 0.2) is 52.1 Å². The van der Waals surface area contributed by atoms with E-state index in [1.165, 1.54) is 15.6 Å². The van der Waals surface area contributed by atoms with Crippen LogP contribution in [0.3, 0.4) is 0 Å². The maximum atomic E-state index is 12.8. The van der Waals surface area contributed by atoms with Crippen LogP contribution in [0, 0.1) is 0 Å². The average Bonchev–Trinajstić information content (AvgIpc) is 2.77. The highest BCUT2D eigenvalue weighted by Gasteiger charge is 2.19. The third-order valence-electron chi connectivity index (χ3n) is 5.79. The number of benzene rings is 2. The summed E-state index contributed by atoms with van der Waals surface area (Å²) in [6, 6.07) is 13.3. The minimum absolute atomic E-state index is 0.117. The van der Waals surface area contributed by atoms with Crippen molar-refractivity contribution in [3.63, 3.8) is 0 Å². The summed E-state index contributed by atoms with van der Waals surface area (Å²) in [5, 5.41) is 3.05. The molecule has 0 unspecified atom stereocenters. The number of aromatic nitrogens is 2. The van der Waals surface area contributed by atoms with Gasteiger partial charge >= 0.3 is 11.1 Å². The van der Waals surface area contributed by atoms with Crippen molar-refractivity contribution in [2.75, 3.05) is 23.3 Å². The van der Waals surface area contributed by atoms with E-state index >= 15 is 0 Å². The summed E-state index contributed by atoms with van der Waals surface area (Å²) in [5.74, 6) is -0.117. The Hall–Kier alpha value is -3.35. The molecule has 1 saturated heterocycles. The quantitative estimate of drug-likeness (QED) is 0.675. The first kappa shape index (κ1) is 19.9. The smallest absolute Gasteiger partial charge is 0.316 e. The molecule has 0 bridgehead atoms. The fourth-order valence-corrected chi connectivity index (χ4v) is 4.08. The molecule has 2 heterocycles. The van der Waals surface area contributed by atoms with E-state index in [1.807, 2.05) is 42.5 Å². The van der Waals surface area contributed by atoms with Crippen molar-refractivity contribution in [3.8, 4) is 0 Å². The zero-order valence-electron chi connectivity index (χ0n) is 17.4. The Morgan fingerprint density at radius 1 is 0.900 bits per heavy atom. The number of aryl methyl sites for hydroxylation is 2. The number of hydrogen-bond donors (Lipinski definition) is 1. The summed E-state index contributed by atoms with van der Waals surface area (Å²) < 4.78 is 2.74. The minimum Gasteiger partial charge on any atom is -0.370 e. The van der Waals surface area contributed by atoms with E-state index in [0.717, 1.165) is 37.2 Å². The SMILES string of the molecule is Cn1c(=O)c(=O)n(C)c2cc(N3CCCCC3)c(NC(=O)Cc3ccccc3)cc21. The first-order valence-electron chi connectivity index (χ1n) is 10.3. The van der Waals surface area contributed by atoms with Crippen LogP contribution in [-0.2, 0) is 25.3 Å². The van der Waals surface area contributed by atoms with Crippen LogP contribution in [0.4, 0.5) is 11.4 Å². The fourth-order valence-electron chi connectivity index (χ4n) is 4.08. The molecular weight excluding hydrogens is 380 g/mol. The van der Waals surface area contributed by atoms with Crippen LogP contribution < -0.4 is 21.3 Å². The number of amides is 1. The Kier molecular flexibility index (Phi) is 5.44. The Morgan fingerprint density at radius 3 is 2.13 bits per heavy atom. The highest BCUT2D eigenvalue weighted by atomic mass is 16.2. The lowest BCUT2D eigenvalue weighted by molar-refractivity contribution is -0.115. The van der Waals surface area contributed by atoms with Crippen LogP contribution in [0.2, 0.25) is 0 Å². The van der Waals surface area contributed by atoms with Crippen molar-refractivity contribution in [1.82, 2.24) is 9.13 Å². The van der Waals surface area contributed by atoms with Gasteiger partial charge in [-0.3, -0.25) is 14.4 Å². The summed E-state index contributed by atoms with van der Waals surface area (Å²) in [5.41, 5.74) is 2.62. The normalized spacial score (nSPS) is 14.1. The second kappa shape index (κ2) is 8.18. The summed E-state index contributed by atoms with van der Waals surface area (Å²) in [6.45, 7) is 1.79. The molecule has 30 heavy (non-hydrogen) atoms. The summed E-state index contributed by atoms with van der Waals surface area (Å²) in [6.07, 6.45) is 3.63. The van der Waals surface area contributed by atoms with Crippen LogP contribution in [0.5, 0.6) is 0 Å². The maximum absolute atomic E-state index is 12.8. The summed E-state index contributed by atoms with van der Waals surface area (Å²) >= 11 is 0. The monoisotopic (exact) mass is 406 g/mol. The molecule has 7 heteroatoms. The molecule has 0 aliphatic carbocycles. The van der Waals surface area contributed by atoms with Gasteiger partial charge in [-0.1, -0.05) is 30.3 Å². The Balaban J connectivity index is 1.80. The second-order valence-corrected chi connectivity index (χ2v) is 7.84. The Morgan fingerprint density at radius 2 is 1.50 bits per heavy atom.